The summed E-state index contributed by atoms with van der Waals surface area (Å²) in [5.41, 5.74) is -0.261. The van der Waals surface area contributed by atoms with Gasteiger partial charge in [0.25, 0.3) is 0 Å². The lowest BCUT2D eigenvalue weighted by Gasteiger charge is -2.18. The Hall–Kier alpha value is -0.570. The molecule has 1 rings (SSSR count). The minimum atomic E-state index is -0.261. The second-order valence-corrected chi connectivity index (χ2v) is 5.09. The number of rotatable bonds is 3. The second-order valence-electron chi connectivity index (χ2n) is 5.09. The Labute approximate surface area is 86.6 Å². The lowest BCUT2D eigenvalue weighted by atomic mass is 9.95. The van der Waals surface area contributed by atoms with Gasteiger partial charge in [-0.15, -0.1) is 0 Å². The molecule has 1 heterocycles. The normalized spacial score (nSPS) is 22.4. The molecular formula is C11H22N2O. The maximum atomic E-state index is 11.5. The fourth-order valence-electron chi connectivity index (χ4n) is 1.63. The average Bonchev–Trinajstić information content (AvgIpc) is 2.55. The van der Waals surface area contributed by atoms with Crippen molar-refractivity contribution < 1.29 is 4.79 Å². The van der Waals surface area contributed by atoms with Crippen LogP contribution in [0, 0.1) is 5.41 Å². The van der Waals surface area contributed by atoms with E-state index in [2.05, 4.69) is 10.6 Å². The Balaban J connectivity index is 2.11. The molecule has 3 nitrogen and oxygen atoms in total. The highest BCUT2D eigenvalue weighted by Crippen LogP contribution is 2.13. The Morgan fingerprint density at radius 3 is 2.71 bits per heavy atom. The standard InChI is InChI=1S/C11H22N2O/c1-11(2,3)10(14)13-8-6-9-5-4-7-12-9/h9,12H,4-8H2,1-3H3,(H,13,14)/t9-/m0/s1. The summed E-state index contributed by atoms with van der Waals surface area (Å²) >= 11 is 0. The minimum absolute atomic E-state index is 0.149. The maximum Gasteiger partial charge on any atom is 0.225 e. The number of carbonyl (C=O) groups is 1. The molecule has 0 bridgehead atoms. The zero-order valence-corrected chi connectivity index (χ0v) is 9.52. The van der Waals surface area contributed by atoms with E-state index in [4.69, 9.17) is 0 Å². The first-order valence-electron chi connectivity index (χ1n) is 5.52. The molecule has 0 aromatic heterocycles. The van der Waals surface area contributed by atoms with Gasteiger partial charge in [-0.25, -0.2) is 0 Å². The third-order valence-corrected chi connectivity index (χ3v) is 2.62. The quantitative estimate of drug-likeness (QED) is 0.717. The molecule has 3 heteroatoms. The molecule has 0 aliphatic carbocycles. The number of carbonyl (C=O) groups excluding carboxylic acids is 1. The number of nitrogens with one attached hydrogen (secondary N) is 2. The third-order valence-electron chi connectivity index (χ3n) is 2.62. The first-order chi connectivity index (χ1) is 6.50. The van der Waals surface area contributed by atoms with Crippen molar-refractivity contribution in [3.63, 3.8) is 0 Å². The van der Waals surface area contributed by atoms with Crippen LogP contribution in [0.1, 0.15) is 40.0 Å². The maximum absolute atomic E-state index is 11.5. The van der Waals surface area contributed by atoms with E-state index in [-0.39, 0.29) is 11.3 Å². The van der Waals surface area contributed by atoms with Crippen LogP contribution in [0.4, 0.5) is 0 Å². The summed E-state index contributed by atoms with van der Waals surface area (Å²) in [7, 11) is 0. The lowest BCUT2D eigenvalue weighted by molar-refractivity contribution is -0.128. The van der Waals surface area contributed by atoms with Crippen LogP contribution >= 0.6 is 0 Å². The molecule has 14 heavy (non-hydrogen) atoms. The molecule has 1 aliphatic heterocycles. The van der Waals surface area contributed by atoms with Gasteiger partial charge in [0.2, 0.25) is 5.91 Å². The van der Waals surface area contributed by atoms with E-state index in [9.17, 15) is 4.79 Å². The van der Waals surface area contributed by atoms with Crippen LogP contribution in [0.3, 0.4) is 0 Å². The van der Waals surface area contributed by atoms with Crippen LogP contribution in [-0.2, 0) is 4.79 Å². The molecule has 1 fully saturated rings. The topological polar surface area (TPSA) is 41.1 Å². The van der Waals surface area contributed by atoms with E-state index in [0.717, 1.165) is 19.5 Å². The summed E-state index contributed by atoms with van der Waals surface area (Å²) in [6.07, 6.45) is 3.59. The van der Waals surface area contributed by atoms with Gasteiger partial charge in [-0.05, 0) is 25.8 Å². The van der Waals surface area contributed by atoms with Gasteiger partial charge in [-0.1, -0.05) is 20.8 Å². The van der Waals surface area contributed by atoms with Crippen molar-refractivity contribution in [2.24, 2.45) is 5.41 Å². The molecule has 0 radical (unpaired) electrons. The van der Waals surface area contributed by atoms with Crippen molar-refractivity contribution >= 4 is 5.91 Å². The van der Waals surface area contributed by atoms with Gasteiger partial charge < -0.3 is 10.6 Å². The second kappa shape index (κ2) is 4.78. The molecule has 0 aromatic carbocycles. The van der Waals surface area contributed by atoms with Crippen LogP contribution in [-0.4, -0.2) is 25.0 Å². The van der Waals surface area contributed by atoms with Crippen LogP contribution in [0.5, 0.6) is 0 Å². The van der Waals surface area contributed by atoms with E-state index in [1.165, 1.54) is 12.8 Å². The summed E-state index contributed by atoms with van der Waals surface area (Å²) in [4.78, 5) is 11.5. The molecular weight excluding hydrogens is 176 g/mol. The lowest BCUT2D eigenvalue weighted by Crippen LogP contribution is -2.37. The molecule has 0 aromatic rings. The molecule has 1 amide bonds. The van der Waals surface area contributed by atoms with Crippen molar-refractivity contribution in [1.29, 1.82) is 0 Å². The predicted octanol–water partition coefficient (Wildman–Crippen LogP) is 1.29. The van der Waals surface area contributed by atoms with Gasteiger partial charge in [-0.3, -0.25) is 4.79 Å². The Morgan fingerprint density at radius 2 is 2.21 bits per heavy atom. The predicted molar refractivity (Wildman–Crippen MR) is 58.1 cm³/mol. The van der Waals surface area contributed by atoms with Crippen molar-refractivity contribution in [2.45, 2.75) is 46.1 Å². The van der Waals surface area contributed by atoms with Gasteiger partial charge in [0.15, 0.2) is 0 Å². The highest BCUT2D eigenvalue weighted by Gasteiger charge is 2.21. The van der Waals surface area contributed by atoms with E-state index in [1.807, 2.05) is 20.8 Å². The summed E-state index contributed by atoms with van der Waals surface area (Å²) < 4.78 is 0. The Bertz CT molecular complexity index is 190. The largest absolute Gasteiger partial charge is 0.356 e. The van der Waals surface area contributed by atoms with Gasteiger partial charge in [0.1, 0.15) is 0 Å². The van der Waals surface area contributed by atoms with E-state index in [1.54, 1.807) is 0 Å². The van der Waals surface area contributed by atoms with Crippen LogP contribution in [0.15, 0.2) is 0 Å². The molecule has 1 atom stereocenters. The number of hydrogen-bond donors (Lipinski definition) is 2. The fraction of sp³-hybridized carbons (Fsp3) is 0.909. The van der Waals surface area contributed by atoms with Gasteiger partial charge in [0, 0.05) is 18.0 Å². The van der Waals surface area contributed by atoms with Crippen LogP contribution in [0.25, 0.3) is 0 Å². The first-order valence-corrected chi connectivity index (χ1v) is 5.52. The molecule has 1 saturated heterocycles. The highest BCUT2D eigenvalue weighted by atomic mass is 16.2. The number of hydrogen-bond acceptors (Lipinski definition) is 2. The number of amides is 1. The molecule has 0 saturated carbocycles. The molecule has 82 valence electrons. The van der Waals surface area contributed by atoms with E-state index in [0.29, 0.717) is 6.04 Å². The Kier molecular flexibility index (Phi) is 3.93. The summed E-state index contributed by atoms with van der Waals surface area (Å²) in [5.74, 6) is 0.149. The zero-order chi connectivity index (χ0) is 10.6. The molecule has 1 aliphatic rings. The molecule has 0 unspecified atom stereocenters. The van der Waals surface area contributed by atoms with Gasteiger partial charge in [0.05, 0.1) is 0 Å². The van der Waals surface area contributed by atoms with Gasteiger partial charge >= 0.3 is 0 Å². The van der Waals surface area contributed by atoms with Crippen LogP contribution < -0.4 is 10.6 Å². The summed E-state index contributed by atoms with van der Waals surface area (Å²) in [5, 5.41) is 6.39. The Morgan fingerprint density at radius 1 is 1.50 bits per heavy atom. The van der Waals surface area contributed by atoms with E-state index < -0.39 is 0 Å². The highest BCUT2D eigenvalue weighted by molar-refractivity contribution is 5.81. The van der Waals surface area contributed by atoms with Crippen molar-refractivity contribution in [3.8, 4) is 0 Å². The molecule has 0 spiro atoms. The van der Waals surface area contributed by atoms with Crippen molar-refractivity contribution in [1.82, 2.24) is 10.6 Å². The van der Waals surface area contributed by atoms with E-state index >= 15 is 0 Å². The fourth-order valence-corrected chi connectivity index (χ4v) is 1.63. The summed E-state index contributed by atoms with van der Waals surface area (Å²) in [6.45, 7) is 7.76. The average molecular weight is 198 g/mol. The zero-order valence-electron chi connectivity index (χ0n) is 9.52. The first kappa shape index (κ1) is 11.5. The van der Waals surface area contributed by atoms with Gasteiger partial charge in [-0.2, -0.15) is 0 Å². The SMILES string of the molecule is CC(C)(C)C(=O)NCC[C@@H]1CCCN1. The van der Waals surface area contributed by atoms with Crippen molar-refractivity contribution in [3.05, 3.63) is 0 Å². The van der Waals surface area contributed by atoms with Crippen LogP contribution in [0.2, 0.25) is 0 Å². The molecule has 2 N–H and O–H groups in total. The van der Waals surface area contributed by atoms with Crippen molar-refractivity contribution in [2.75, 3.05) is 13.1 Å². The summed E-state index contributed by atoms with van der Waals surface area (Å²) in [6, 6.07) is 0.621. The smallest absolute Gasteiger partial charge is 0.225 e. The monoisotopic (exact) mass is 198 g/mol. The minimum Gasteiger partial charge on any atom is -0.356 e. The third kappa shape index (κ3) is 3.66.